The normalized spacial score (nSPS) is 17.0. The van der Waals surface area contributed by atoms with Gasteiger partial charge in [0.25, 0.3) is 0 Å². The first-order valence-corrected chi connectivity index (χ1v) is 11.9. The standard InChI is InChI=1S/C19H19NO6S2/c1-25-17-9-8-16-19(15(17)10-13-12-26-13)18(11-20(16)27(2,21)22)28(23,24)14-6-4-3-5-7-14/h3-9,11,13H,10,12H2,1-2H3/t13-/m1/s1. The van der Waals surface area contributed by atoms with E-state index in [9.17, 15) is 16.8 Å². The molecule has 1 saturated heterocycles. The maximum absolute atomic E-state index is 13.4. The first-order valence-electron chi connectivity index (χ1n) is 8.56. The summed E-state index contributed by atoms with van der Waals surface area (Å²) in [5.74, 6) is 0.499. The fraction of sp³-hybridized carbons (Fsp3) is 0.263. The highest BCUT2D eigenvalue weighted by molar-refractivity contribution is 7.92. The van der Waals surface area contributed by atoms with Gasteiger partial charge in [-0.3, -0.25) is 0 Å². The van der Waals surface area contributed by atoms with Crippen LogP contribution in [0.1, 0.15) is 5.56 Å². The number of nitrogens with zero attached hydrogens (tertiary/aromatic N) is 1. The summed E-state index contributed by atoms with van der Waals surface area (Å²) in [6, 6.07) is 11.2. The molecule has 0 unspecified atom stereocenters. The Morgan fingerprint density at radius 3 is 2.36 bits per heavy atom. The third kappa shape index (κ3) is 3.19. The molecule has 2 aromatic carbocycles. The Kier molecular flexibility index (Phi) is 4.48. The van der Waals surface area contributed by atoms with Crippen LogP contribution >= 0.6 is 0 Å². The van der Waals surface area contributed by atoms with E-state index in [1.165, 1.54) is 25.4 Å². The average Bonchev–Trinajstić information content (AvgIpc) is 3.37. The molecule has 1 aliphatic rings. The summed E-state index contributed by atoms with van der Waals surface area (Å²) in [4.78, 5) is 0.0349. The zero-order valence-corrected chi connectivity index (χ0v) is 17.0. The highest BCUT2D eigenvalue weighted by Crippen LogP contribution is 2.39. The van der Waals surface area contributed by atoms with Crippen LogP contribution in [0, 0.1) is 0 Å². The van der Waals surface area contributed by atoms with Crippen LogP contribution in [-0.2, 0) is 31.0 Å². The summed E-state index contributed by atoms with van der Waals surface area (Å²) < 4.78 is 63.2. The lowest BCUT2D eigenvalue weighted by Crippen LogP contribution is -2.08. The van der Waals surface area contributed by atoms with Crippen molar-refractivity contribution in [3.05, 3.63) is 54.2 Å². The number of benzene rings is 2. The number of sulfone groups is 1. The van der Waals surface area contributed by atoms with E-state index >= 15 is 0 Å². The van der Waals surface area contributed by atoms with Crippen LogP contribution in [0.4, 0.5) is 0 Å². The number of hydrogen-bond donors (Lipinski definition) is 0. The van der Waals surface area contributed by atoms with Crippen molar-refractivity contribution < 1.29 is 26.3 Å². The molecule has 3 aromatic rings. The van der Waals surface area contributed by atoms with Crippen molar-refractivity contribution >= 4 is 30.8 Å². The second-order valence-electron chi connectivity index (χ2n) is 6.67. The van der Waals surface area contributed by atoms with Gasteiger partial charge in [-0.15, -0.1) is 0 Å². The van der Waals surface area contributed by atoms with Gasteiger partial charge in [0.15, 0.2) is 0 Å². The van der Waals surface area contributed by atoms with E-state index in [0.717, 1.165) is 10.2 Å². The van der Waals surface area contributed by atoms with Crippen LogP contribution in [0.15, 0.2) is 58.5 Å². The van der Waals surface area contributed by atoms with E-state index in [1.54, 1.807) is 30.3 Å². The smallest absolute Gasteiger partial charge is 0.236 e. The second kappa shape index (κ2) is 6.61. The predicted octanol–water partition coefficient (Wildman–Crippen LogP) is 2.23. The Balaban J connectivity index is 2.10. The number of hydrogen-bond acceptors (Lipinski definition) is 6. The van der Waals surface area contributed by atoms with Gasteiger partial charge in [-0.2, -0.15) is 0 Å². The third-order valence-corrected chi connectivity index (χ3v) is 7.52. The van der Waals surface area contributed by atoms with Gasteiger partial charge in [0.1, 0.15) is 5.75 Å². The Bertz CT molecular complexity index is 1260. The zero-order valence-electron chi connectivity index (χ0n) is 15.3. The number of epoxide rings is 1. The van der Waals surface area contributed by atoms with Gasteiger partial charge >= 0.3 is 0 Å². The van der Waals surface area contributed by atoms with Gasteiger partial charge < -0.3 is 9.47 Å². The fourth-order valence-corrected chi connectivity index (χ4v) is 5.71. The van der Waals surface area contributed by atoms with Crippen molar-refractivity contribution in [3.8, 4) is 5.75 Å². The van der Waals surface area contributed by atoms with E-state index in [1.807, 2.05) is 0 Å². The van der Waals surface area contributed by atoms with E-state index in [4.69, 9.17) is 9.47 Å². The summed E-state index contributed by atoms with van der Waals surface area (Å²) in [5.41, 5.74) is 0.924. The number of rotatable bonds is 6. The van der Waals surface area contributed by atoms with Crippen LogP contribution in [-0.4, -0.2) is 46.9 Å². The lowest BCUT2D eigenvalue weighted by molar-refractivity contribution is 0.391. The average molecular weight is 421 g/mol. The van der Waals surface area contributed by atoms with Gasteiger partial charge in [0, 0.05) is 23.6 Å². The van der Waals surface area contributed by atoms with Crippen molar-refractivity contribution in [1.29, 1.82) is 0 Å². The lowest BCUT2D eigenvalue weighted by atomic mass is 10.0. The molecule has 148 valence electrons. The molecule has 0 N–H and O–H groups in total. The molecule has 1 atom stereocenters. The number of aromatic nitrogens is 1. The molecular weight excluding hydrogens is 402 g/mol. The fourth-order valence-electron chi connectivity index (χ4n) is 3.33. The molecular formula is C19H19NO6S2. The molecule has 0 saturated carbocycles. The van der Waals surface area contributed by atoms with Gasteiger partial charge in [-0.05, 0) is 24.3 Å². The minimum atomic E-state index is -3.95. The van der Waals surface area contributed by atoms with E-state index in [0.29, 0.717) is 35.2 Å². The van der Waals surface area contributed by atoms with Crippen LogP contribution in [0.3, 0.4) is 0 Å². The van der Waals surface area contributed by atoms with Crippen molar-refractivity contribution in [2.45, 2.75) is 22.3 Å². The van der Waals surface area contributed by atoms with E-state index in [-0.39, 0.29) is 15.9 Å². The molecule has 7 nitrogen and oxygen atoms in total. The molecule has 28 heavy (non-hydrogen) atoms. The summed E-state index contributed by atoms with van der Waals surface area (Å²) in [6.45, 7) is 0.576. The number of ether oxygens (including phenoxy) is 2. The number of fused-ring (bicyclic) bond motifs is 1. The van der Waals surface area contributed by atoms with Crippen molar-refractivity contribution in [2.24, 2.45) is 0 Å². The number of methoxy groups -OCH3 is 1. The van der Waals surface area contributed by atoms with Crippen molar-refractivity contribution in [1.82, 2.24) is 3.97 Å². The molecule has 1 fully saturated rings. The molecule has 9 heteroatoms. The van der Waals surface area contributed by atoms with E-state index in [2.05, 4.69) is 0 Å². The largest absolute Gasteiger partial charge is 0.496 e. The molecule has 2 heterocycles. The quantitative estimate of drug-likeness (QED) is 0.567. The molecule has 1 aliphatic heterocycles. The molecule has 0 radical (unpaired) electrons. The van der Waals surface area contributed by atoms with Crippen molar-refractivity contribution in [3.63, 3.8) is 0 Å². The van der Waals surface area contributed by atoms with E-state index < -0.39 is 19.9 Å². The maximum atomic E-state index is 13.4. The van der Waals surface area contributed by atoms with Gasteiger partial charge in [0.05, 0.1) is 41.4 Å². The maximum Gasteiger partial charge on any atom is 0.236 e. The first kappa shape index (κ1) is 19.0. The summed E-state index contributed by atoms with van der Waals surface area (Å²) in [6.07, 6.45) is 2.62. The van der Waals surface area contributed by atoms with Gasteiger partial charge in [-0.1, -0.05) is 18.2 Å². The van der Waals surface area contributed by atoms with Crippen molar-refractivity contribution in [2.75, 3.05) is 20.0 Å². The van der Waals surface area contributed by atoms with Crippen LogP contribution < -0.4 is 4.74 Å². The Labute approximate surface area is 163 Å². The molecule has 0 aliphatic carbocycles. The van der Waals surface area contributed by atoms with Crippen LogP contribution in [0.5, 0.6) is 5.75 Å². The zero-order chi connectivity index (χ0) is 20.1. The second-order valence-corrected chi connectivity index (χ2v) is 10.4. The predicted molar refractivity (Wildman–Crippen MR) is 104 cm³/mol. The van der Waals surface area contributed by atoms with Gasteiger partial charge in [-0.25, -0.2) is 20.8 Å². The minimum absolute atomic E-state index is 0.0339. The minimum Gasteiger partial charge on any atom is -0.496 e. The third-order valence-electron chi connectivity index (χ3n) is 4.72. The van der Waals surface area contributed by atoms with Crippen LogP contribution in [0.2, 0.25) is 0 Å². The SMILES string of the molecule is COc1ccc2c(c(S(=O)(=O)c3ccccc3)cn2S(C)(=O)=O)c1C[C@@H]1CO1. The van der Waals surface area contributed by atoms with Gasteiger partial charge in [0.2, 0.25) is 19.9 Å². The highest BCUT2D eigenvalue weighted by atomic mass is 32.2. The Morgan fingerprint density at radius 1 is 1.11 bits per heavy atom. The summed E-state index contributed by atoms with van der Waals surface area (Å²) >= 11 is 0. The molecule has 0 spiro atoms. The molecule has 4 rings (SSSR count). The summed E-state index contributed by atoms with van der Waals surface area (Å²) in [5, 5.41) is 0.351. The molecule has 0 bridgehead atoms. The first-order chi connectivity index (χ1) is 13.2. The monoisotopic (exact) mass is 421 g/mol. The molecule has 0 amide bonds. The highest BCUT2D eigenvalue weighted by Gasteiger charge is 2.31. The Hall–Kier alpha value is -2.36. The summed E-state index contributed by atoms with van der Waals surface area (Å²) in [7, 11) is -6.17. The van der Waals surface area contributed by atoms with Crippen LogP contribution in [0.25, 0.3) is 10.9 Å². The molecule has 1 aromatic heterocycles. The Morgan fingerprint density at radius 2 is 1.79 bits per heavy atom. The topological polar surface area (TPSA) is 95.0 Å². The lowest BCUT2D eigenvalue weighted by Gasteiger charge is -2.11.